The van der Waals surface area contributed by atoms with Gasteiger partial charge in [-0.1, -0.05) is 53.6 Å². The standard InChI is InChI=1S/C33H32ClN3OS/c1-19-15-23(18-39-30-14-6-5-9-20(30)2)21(3)24(16-19)31-25(17-35)33(36)37(27-11-7-10-26(34)22(27)4)28-12-8-13-29(38)32(28)31/h5-7,9-11,14-16,31H,8,12-13,18,36H2,1-4H3. The Hall–Kier alpha value is -3.46. The molecule has 0 radical (unpaired) electrons. The van der Waals surface area contributed by atoms with Crippen molar-refractivity contribution in [3.05, 3.63) is 116 Å². The molecule has 1 atom stereocenters. The molecule has 0 saturated carbocycles. The molecule has 0 saturated heterocycles. The first-order valence-electron chi connectivity index (χ1n) is 13.2. The minimum atomic E-state index is -0.490. The monoisotopic (exact) mass is 553 g/mol. The van der Waals surface area contributed by atoms with E-state index in [1.807, 2.05) is 41.8 Å². The number of hydrogen-bond donors (Lipinski definition) is 1. The van der Waals surface area contributed by atoms with Crippen LogP contribution in [0.15, 0.2) is 82.2 Å². The molecule has 3 aromatic rings. The van der Waals surface area contributed by atoms with Crippen LogP contribution >= 0.6 is 23.4 Å². The Balaban J connectivity index is 1.66. The van der Waals surface area contributed by atoms with Crippen molar-refractivity contribution in [1.82, 2.24) is 0 Å². The highest BCUT2D eigenvalue weighted by Crippen LogP contribution is 2.48. The summed E-state index contributed by atoms with van der Waals surface area (Å²) < 4.78 is 0. The third kappa shape index (κ3) is 4.88. The molecule has 198 valence electrons. The molecule has 0 spiro atoms. The van der Waals surface area contributed by atoms with Crippen molar-refractivity contribution in [2.24, 2.45) is 5.73 Å². The molecule has 39 heavy (non-hydrogen) atoms. The minimum absolute atomic E-state index is 0.0860. The maximum Gasteiger partial charge on any atom is 0.161 e. The van der Waals surface area contributed by atoms with E-state index in [9.17, 15) is 10.1 Å². The number of carbonyl (C=O) groups excluding carboxylic acids is 1. The lowest BCUT2D eigenvalue weighted by Gasteiger charge is -2.40. The third-order valence-corrected chi connectivity index (χ3v) is 9.51. The average Bonchev–Trinajstić information content (AvgIpc) is 2.91. The molecule has 1 aliphatic heterocycles. The van der Waals surface area contributed by atoms with Crippen molar-refractivity contribution in [2.75, 3.05) is 4.90 Å². The van der Waals surface area contributed by atoms with E-state index >= 15 is 0 Å². The van der Waals surface area contributed by atoms with Gasteiger partial charge in [0.1, 0.15) is 5.82 Å². The fourth-order valence-electron chi connectivity index (χ4n) is 5.80. The van der Waals surface area contributed by atoms with E-state index in [1.54, 1.807) is 0 Å². The number of ketones is 1. The predicted octanol–water partition coefficient (Wildman–Crippen LogP) is 8.17. The lowest BCUT2D eigenvalue weighted by atomic mass is 9.73. The summed E-state index contributed by atoms with van der Waals surface area (Å²) in [7, 11) is 0. The number of benzene rings is 3. The molecule has 2 aliphatic rings. The van der Waals surface area contributed by atoms with E-state index in [2.05, 4.69) is 63.2 Å². The first-order chi connectivity index (χ1) is 18.7. The first kappa shape index (κ1) is 27.1. The van der Waals surface area contributed by atoms with Crippen LogP contribution in [0, 0.1) is 39.0 Å². The van der Waals surface area contributed by atoms with Crippen molar-refractivity contribution < 1.29 is 4.79 Å². The zero-order valence-electron chi connectivity index (χ0n) is 22.8. The quantitative estimate of drug-likeness (QED) is 0.323. The third-order valence-electron chi connectivity index (χ3n) is 7.88. The maximum atomic E-state index is 13.7. The zero-order chi connectivity index (χ0) is 27.8. The lowest BCUT2D eigenvalue weighted by Crippen LogP contribution is -2.39. The zero-order valence-corrected chi connectivity index (χ0v) is 24.3. The van der Waals surface area contributed by atoms with Crippen molar-refractivity contribution in [3.63, 3.8) is 0 Å². The van der Waals surface area contributed by atoms with Gasteiger partial charge in [-0.2, -0.15) is 5.26 Å². The van der Waals surface area contributed by atoms with Crippen molar-refractivity contribution >= 4 is 34.8 Å². The summed E-state index contributed by atoms with van der Waals surface area (Å²) in [5.74, 6) is 0.768. The van der Waals surface area contributed by atoms with Crippen LogP contribution in [0.5, 0.6) is 0 Å². The van der Waals surface area contributed by atoms with E-state index < -0.39 is 5.92 Å². The van der Waals surface area contributed by atoms with Gasteiger partial charge < -0.3 is 5.73 Å². The Morgan fingerprint density at radius 1 is 1.05 bits per heavy atom. The van der Waals surface area contributed by atoms with Gasteiger partial charge in [0.05, 0.1) is 23.2 Å². The summed E-state index contributed by atoms with van der Waals surface area (Å²) in [6.07, 6.45) is 1.93. The van der Waals surface area contributed by atoms with Crippen LogP contribution in [0.3, 0.4) is 0 Å². The second kappa shape index (κ2) is 11.0. The van der Waals surface area contributed by atoms with Crippen LogP contribution in [0.2, 0.25) is 5.02 Å². The number of Topliss-reactive ketones (excluding diaryl/α,β-unsaturated/α-hetero) is 1. The topological polar surface area (TPSA) is 70.1 Å². The van der Waals surface area contributed by atoms with Crippen LogP contribution in [-0.4, -0.2) is 5.78 Å². The van der Waals surface area contributed by atoms with Gasteiger partial charge in [-0.15, -0.1) is 11.8 Å². The fourth-order valence-corrected chi connectivity index (χ4v) is 7.05. The molecule has 1 aliphatic carbocycles. The summed E-state index contributed by atoms with van der Waals surface area (Å²) in [5, 5.41) is 11.1. The number of anilines is 1. The number of carbonyl (C=O) groups is 1. The van der Waals surface area contributed by atoms with Crippen LogP contribution in [0.25, 0.3) is 0 Å². The Morgan fingerprint density at radius 2 is 1.82 bits per heavy atom. The Morgan fingerprint density at radius 3 is 2.56 bits per heavy atom. The maximum absolute atomic E-state index is 13.7. The molecule has 0 aromatic heterocycles. The minimum Gasteiger partial charge on any atom is -0.384 e. The largest absolute Gasteiger partial charge is 0.384 e. The van der Waals surface area contributed by atoms with E-state index in [4.69, 9.17) is 17.3 Å². The van der Waals surface area contributed by atoms with Gasteiger partial charge in [-0.05, 0) is 86.6 Å². The van der Waals surface area contributed by atoms with Crippen molar-refractivity contribution in [2.45, 2.75) is 63.5 Å². The van der Waals surface area contributed by atoms with Gasteiger partial charge >= 0.3 is 0 Å². The highest BCUT2D eigenvalue weighted by molar-refractivity contribution is 7.98. The molecule has 1 heterocycles. The van der Waals surface area contributed by atoms with Gasteiger partial charge in [0.15, 0.2) is 5.78 Å². The number of thioether (sulfide) groups is 1. The summed E-state index contributed by atoms with van der Waals surface area (Å²) in [6, 6.07) is 20.8. The molecule has 6 heteroatoms. The van der Waals surface area contributed by atoms with Gasteiger partial charge in [-0.3, -0.25) is 9.69 Å². The number of rotatable bonds is 5. The summed E-state index contributed by atoms with van der Waals surface area (Å²) >= 11 is 8.29. The van der Waals surface area contributed by atoms with Gasteiger partial charge in [0.2, 0.25) is 0 Å². The smallest absolute Gasteiger partial charge is 0.161 e. The van der Waals surface area contributed by atoms with Crippen molar-refractivity contribution in [3.8, 4) is 6.07 Å². The molecule has 2 N–H and O–H groups in total. The van der Waals surface area contributed by atoms with Crippen molar-refractivity contribution in [1.29, 1.82) is 5.26 Å². The van der Waals surface area contributed by atoms with Crippen LogP contribution < -0.4 is 10.6 Å². The number of nitriles is 1. The summed E-state index contributed by atoms with van der Waals surface area (Å²) in [5.41, 5.74) is 16.1. The first-order valence-corrected chi connectivity index (χ1v) is 14.6. The van der Waals surface area contributed by atoms with E-state index in [0.29, 0.717) is 34.8 Å². The highest BCUT2D eigenvalue weighted by Gasteiger charge is 2.41. The van der Waals surface area contributed by atoms with E-state index in [1.165, 1.54) is 16.0 Å². The van der Waals surface area contributed by atoms with E-state index in [-0.39, 0.29) is 5.78 Å². The second-order valence-corrected chi connectivity index (χ2v) is 11.8. The molecular formula is C33H32ClN3OS. The predicted molar refractivity (Wildman–Crippen MR) is 161 cm³/mol. The number of halogens is 1. The summed E-state index contributed by atoms with van der Waals surface area (Å²) in [6.45, 7) is 8.25. The Kier molecular flexibility index (Phi) is 7.62. The van der Waals surface area contributed by atoms with Gasteiger partial charge in [0, 0.05) is 33.4 Å². The Labute approximate surface area is 240 Å². The summed E-state index contributed by atoms with van der Waals surface area (Å²) in [4.78, 5) is 16.8. The number of aryl methyl sites for hydroxylation is 2. The molecule has 0 bridgehead atoms. The van der Waals surface area contributed by atoms with Gasteiger partial charge in [-0.25, -0.2) is 0 Å². The molecule has 1 unspecified atom stereocenters. The normalized spacial score (nSPS) is 17.4. The molecule has 0 fully saturated rings. The number of nitrogens with zero attached hydrogens (tertiary/aromatic N) is 2. The number of allylic oxidation sites excluding steroid dienone is 3. The van der Waals surface area contributed by atoms with Crippen LogP contribution in [-0.2, 0) is 10.5 Å². The SMILES string of the molecule is Cc1cc(CSc2ccccc2C)c(C)c(C2C(C#N)=C(N)N(c3cccc(Cl)c3C)C3=C2C(=O)CCC3)c1. The number of nitrogens with two attached hydrogens (primary N) is 1. The van der Waals surface area contributed by atoms with Crippen LogP contribution in [0.1, 0.15) is 58.6 Å². The molecule has 5 rings (SSSR count). The fraction of sp³-hybridized carbons (Fsp3) is 0.273. The lowest BCUT2D eigenvalue weighted by molar-refractivity contribution is -0.116. The molecule has 0 amide bonds. The van der Waals surface area contributed by atoms with Gasteiger partial charge in [0.25, 0.3) is 0 Å². The van der Waals surface area contributed by atoms with E-state index in [0.717, 1.165) is 45.8 Å². The number of hydrogen-bond acceptors (Lipinski definition) is 5. The second-order valence-electron chi connectivity index (χ2n) is 10.4. The average molecular weight is 554 g/mol. The molecule has 4 nitrogen and oxygen atoms in total. The molecular weight excluding hydrogens is 522 g/mol. The van der Waals surface area contributed by atoms with Crippen LogP contribution in [0.4, 0.5) is 5.69 Å². The Bertz CT molecular complexity index is 1600. The molecule has 3 aromatic carbocycles. The highest BCUT2D eigenvalue weighted by atomic mass is 35.5.